The maximum absolute atomic E-state index is 15.2. The van der Waals surface area contributed by atoms with Crippen LogP contribution >= 0.6 is 22.9 Å². The van der Waals surface area contributed by atoms with Crippen LogP contribution in [0.5, 0.6) is 11.5 Å². The van der Waals surface area contributed by atoms with Crippen LogP contribution in [0.2, 0.25) is 5.02 Å². The van der Waals surface area contributed by atoms with E-state index in [1.54, 1.807) is 59.5 Å². The number of aliphatic hydroxyl groups is 1. The summed E-state index contributed by atoms with van der Waals surface area (Å²) in [5.74, 6) is -3.56. The number of aryl methyl sites for hydroxylation is 2. The van der Waals surface area contributed by atoms with Crippen LogP contribution in [0.15, 0.2) is 84.4 Å². The molecule has 3 aromatic carbocycles. The lowest BCUT2D eigenvalue weighted by atomic mass is 9.51. The van der Waals surface area contributed by atoms with E-state index >= 15 is 4.79 Å². The normalized spacial score (nSPS) is 25.6. The van der Waals surface area contributed by atoms with Crippen LogP contribution in [-0.2, 0) is 32.6 Å². The quantitative estimate of drug-likeness (QED) is 0.122. The Balaban J connectivity index is 1.12. The minimum atomic E-state index is -1.29. The Bertz CT molecular complexity index is 2530. The molecule has 2 N–H and O–H groups in total. The van der Waals surface area contributed by atoms with Gasteiger partial charge in [0.1, 0.15) is 29.6 Å². The molecule has 4 heterocycles. The van der Waals surface area contributed by atoms with Gasteiger partial charge in [-0.05, 0) is 91.9 Å². The number of hydrogen-bond acceptors (Lipinski definition) is 9. The summed E-state index contributed by atoms with van der Waals surface area (Å²) < 4.78 is 8.69. The molecule has 2 aromatic heterocycles. The van der Waals surface area contributed by atoms with E-state index in [2.05, 4.69) is 0 Å². The van der Waals surface area contributed by atoms with Crippen molar-refractivity contribution >= 4 is 62.5 Å². The number of fused-ring (bicyclic) bond motifs is 5. The van der Waals surface area contributed by atoms with Gasteiger partial charge in [0.05, 0.1) is 34.7 Å². The van der Waals surface area contributed by atoms with Gasteiger partial charge in [0, 0.05) is 40.9 Å². The lowest BCUT2D eigenvalue weighted by molar-refractivity contribution is -0.140. The van der Waals surface area contributed by atoms with E-state index in [0.29, 0.717) is 40.7 Å². The Labute approximate surface area is 338 Å². The summed E-state index contributed by atoms with van der Waals surface area (Å²) in [6.07, 6.45) is 3.00. The lowest BCUT2D eigenvalue weighted by Gasteiger charge is -2.49. The maximum atomic E-state index is 15.2. The van der Waals surface area contributed by atoms with Gasteiger partial charge in [0.15, 0.2) is 0 Å². The second-order valence-corrected chi connectivity index (χ2v) is 17.2. The predicted octanol–water partition coefficient (Wildman–Crippen LogP) is 6.81. The van der Waals surface area contributed by atoms with Crippen LogP contribution in [0, 0.1) is 36.0 Å². The molecule has 0 bridgehead atoms. The third-order valence-corrected chi connectivity index (χ3v) is 14.3. The number of aliphatic hydroxyl groups excluding tert-OH is 1. The number of nitrogens with zero attached hydrogens (tertiary/aromatic N) is 4. The first-order valence-corrected chi connectivity index (χ1v) is 20.4. The van der Waals surface area contributed by atoms with Gasteiger partial charge in [-0.2, -0.15) is 5.10 Å². The van der Waals surface area contributed by atoms with Crippen molar-refractivity contribution < 1.29 is 34.1 Å². The molecule has 1 saturated carbocycles. The van der Waals surface area contributed by atoms with E-state index in [4.69, 9.17) is 21.4 Å². The summed E-state index contributed by atoms with van der Waals surface area (Å²) in [4.78, 5) is 62.2. The number of para-hydroxylation sites is 1. The minimum absolute atomic E-state index is 0.0280. The molecule has 2 aliphatic heterocycles. The minimum Gasteiger partial charge on any atom is -0.508 e. The summed E-state index contributed by atoms with van der Waals surface area (Å²) in [6, 6.07) is 21.6. The first-order valence-electron chi connectivity index (χ1n) is 19.2. The molecular weight excluding hydrogens is 764 g/mol. The third kappa shape index (κ3) is 5.74. The molecule has 6 atom stereocenters. The second kappa shape index (κ2) is 14.0. The molecule has 11 nitrogen and oxygen atoms in total. The van der Waals surface area contributed by atoms with Crippen LogP contribution in [0.1, 0.15) is 42.4 Å². The van der Waals surface area contributed by atoms with Crippen molar-refractivity contribution in [2.45, 2.75) is 39.0 Å². The van der Waals surface area contributed by atoms with E-state index < -0.39 is 35.0 Å². The van der Waals surface area contributed by atoms with E-state index in [-0.39, 0.29) is 55.6 Å². The summed E-state index contributed by atoms with van der Waals surface area (Å²) in [5, 5.41) is 25.9. The predicted molar refractivity (Wildman–Crippen MR) is 216 cm³/mol. The number of benzene rings is 3. The molecule has 13 heteroatoms. The van der Waals surface area contributed by atoms with Crippen molar-refractivity contribution in [1.82, 2.24) is 14.7 Å². The maximum Gasteiger partial charge on any atom is 0.242 e. The Kier molecular flexibility index (Phi) is 9.13. The number of imide groups is 2. The summed E-state index contributed by atoms with van der Waals surface area (Å²) in [7, 11) is 1.72. The molecule has 292 valence electrons. The molecule has 9 rings (SSSR count). The van der Waals surface area contributed by atoms with Crippen molar-refractivity contribution in [3.63, 3.8) is 0 Å². The summed E-state index contributed by atoms with van der Waals surface area (Å²) in [5.41, 5.74) is 2.76. The van der Waals surface area contributed by atoms with Gasteiger partial charge in [-0.3, -0.25) is 28.8 Å². The SMILES string of the molecule is Cc1c(-c2cc(N3C(=O)[C@@H]4C[C@@H]5C(=CC[C@@H]6C(=O)N(CCc7ccc(O)cc7)C(=O)[C@@H]65)[C@H](c5ccccc5OCCO)[C@]4(C)C3=O)n(C)n2)sc2ccc(Cl)cc12. The fourth-order valence-electron chi connectivity index (χ4n) is 9.99. The Hall–Kier alpha value is -5.30. The second-order valence-electron chi connectivity index (χ2n) is 15.7. The third-order valence-electron chi connectivity index (χ3n) is 12.7. The fourth-order valence-corrected chi connectivity index (χ4v) is 11.3. The van der Waals surface area contributed by atoms with E-state index in [9.17, 15) is 24.6 Å². The van der Waals surface area contributed by atoms with Gasteiger partial charge in [-0.1, -0.05) is 53.6 Å². The van der Waals surface area contributed by atoms with Gasteiger partial charge in [-0.25, -0.2) is 4.90 Å². The Morgan fingerprint density at radius 1 is 0.982 bits per heavy atom. The van der Waals surface area contributed by atoms with Crippen LogP contribution in [0.25, 0.3) is 20.7 Å². The van der Waals surface area contributed by atoms with E-state index in [0.717, 1.165) is 31.7 Å². The molecule has 2 saturated heterocycles. The largest absolute Gasteiger partial charge is 0.508 e. The number of hydrogen-bond donors (Lipinski definition) is 2. The Morgan fingerprint density at radius 2 is 1.75 bits per heavy atom. The highest BCUT2D eigenvalue weighted by Gasteiger charge is 2.68. The zero-order chi connectivity index (χ0) is 39.9. The first-order chi connectivity index (χ1) is 27.4. The molecular formula is C44H41ClN4O7S. The molecule has 0 radical (unpaired) electrons. The number of thiophene rings is 1. The van der Waals surface area contributed by atoms with Gasteiger partial charge in [0.25, 0.3) is 0 Å². The zero-order valence-corrected chi connectivity index (χ0v) is 33.2. The average Bonchev–Trinajstić information content (AvgIpc) is 3.87. The van der Waals surface area contributed by atoms with Crippen molar-refractivity contribution in [3.05, 3.63) is 106 Å². The zero-order valence-electron chi connectivity index (χ0n) is 31.6. The summed E-state index contributed by atoms with van der Waals surface area (Å²) in [6.45, 7) is 3.86. The number of amides is 4. The summed E-state index contributed by atoms with van der Waals surface area (Å²) >= 11 is 7.90. The monoisotopic (exact) mass is 804 g/mol. The topological polar surface area (TPSA) is 142 Å². The van der Waals surface area contributed by atoms with Crippen molar-refractivity contribution in [1.29, 1.82) is 0 Å². The van der Waals surface area contributed by atoms with Gasteiger partial charge >= 0.3 is 0 Å². The van der Waals surface area contributed by atoms with Gasteiger partial charge in [-0.15, -0.1) is 11.3 Å². The van der Waals surface area contributed by atoms with E-state index in [1.807, 2.05) is 56.3 Å². The first kappa shape index (κ1) is 37.3. The fraction of sp³-hybridized carbons (Fsp3) is 0.341. The lowest BCUT2D eigenvalue weighted by Crippen LogP contribution is -2.49. The number of phenols is 1. The van der Waals surface area contributed by atoms with Crippen molar-refractivity contribution in [3.8, 4) is 22.1 Å². The number of rotatable bonds is 9. The van der Waals surface area contributed by atoms with Crippen LogP contribution in [0.4, 0.5) is 5.82 Å². The highest BCUT2D eigenvalue weighted by atomic mass is 35.5. The van der Waals surface area contributed by atoms with Crippen molar-refractivity contribution in [2.75, 3.05) is 24.7 Å². The average molecular weight is 805 g/mol. The molecule has 4 amide bonds. The standard InChI is InChI=1S/C44H41ClN4O7S/c1-23-30-20-25(45)10-15-35(30)57-39(23)33-22-36(47(3)46-33)49-41(53)32-21-31-27(38(44(32,2)43(49)55)28-6-4-5-7-34(28)56-19-18-50)13-14-29-37(31)42(54)48(40(29)52)17-16-24-8-11-26(51)12-9-24/h4-13,15,20,22,29,31-32,37-38,50-51H,14,16-19,21H2,1-3H3/t29-,31+,32-,37-,38+,44+/m0/s1. The van der Waals surface area contributed by atoms with Gasteiger partial charge in [0.2, 0.25) is 23.6 Å². The highest BCUT2D eigenvalue weighted by Crippen LogP contribution is 2.64. The highest BCUT2D eigenvalue weighted by molar-refractivity contribution is 7.22. The number of allylic oxidation sites excluding steroid dienone is 2. The molecule has 3 fully saturated rings. The number of ether oxygens (including phenoxy) is 1. The number of aromatic hydroxyl groups is 1. The number of likely N-dealkylation sites (tertiary alicyclic amines) is 1. The molecule has 0 spiro atoms. The van der Waals surface area contributed by atoms with Crippen molar-refractivity contribution in [2.24, 2.45) is 36.1 Å². The molecule has 4 aliphatic rings. The number of phenolic OH excluding ortho intramolecular Hbond substituents is 1. The molecule has 0 unspecified atom stereocenters. The number of carbonyl (C=O) groups is 4. The molecule has 2 aliphatic carbocycles. The number of anilines is 1. The van der Waals surface area contributed by atoms with E-state index in [1.165, 1.54) is 9.80 Å². The number of halogens is 1. The van der Waals surface area contributed by atoms with Crippen LogP contribution < -0.4 is 9.64 Å². The molecule has 5 aromatic rings. The number of aromatic nitrogens is 2. The van der Waals surface area contributed by atoms with Crippen LogP contribution in [-0.4, -0.2) is 68.3 Å². The van der Waals surface area contributed by atoms with Gasteiger partial charge < -0.3 is 14.9 Å². The molecule has 57 heavy (non-hydrogen) atoms. The Morgan fingerprint density at radius 3 is 2.53 bits per heavy atom. The number of carbonyl (C=O) groups excluding carboxylic acids is 4. The van der Waals surface area contributed by atoms with Crippen LogP contribution in [0.3, 0.4) is 0 Å². The smallest absolute Gasteiger partial charge is 0.242 e.